The van der Waals surface area contributed by atoms with E-state index in [9.17, 15) is 14.7 Å². The molecule has 0 aromatic heterocycles. The number of hydrogen-bond donors (Lipinski definition) is 1. The second-order valence-corrected chi connectivity index (χ2v) is 6.26. The molecule has 0 saturated carbocycles. The van der Waals surface area contributed by atoms with Crippen LogP contribution in [0.25, 0.3) is 0 Å². The Morgan fingerprint density at radius 3 is 2.42 bits per heavy atom. The summed E-state index contributed by atoms with van der Waals surface area (Å²) in [6.07, 6.45) is 1.35. The van der Waals surface area contributed by atoms with Crippen molar-refractivity contribution in [3.8, 4) is 0 Å². The largest absolute Gasteiger partial charge is 0.481 e. The Morgan fingerprint density at radius 2 is 1.79 bits per heavy atom. The maximum atomic E-state index is 13.0. The molecule has 2 aromatic rings. The predicted octanol–water partition coefficient (Wildman–Crippen LogP) is 3.86. The molecule has 0 aliphatic carbocycles. The monoisotopic (exact) mass is 323 g/mol. The van der Waals surface area contributed by atoms with Gasteiger partial charge in [0.05, 0.1) is 5.92 Å². The van der Waals surface area contributed by atoms with E-state index in [2.05, 4.69) is 6.92 Å². The molecule has 1 N–H and O–H groups in total. The Bertz CT molecular complexity index is 767. The minimum Gasteiger partial charge on any atom is -0.481 e. The number of nitrogens with zero attached hydrogens (tertiary/aromatic N) is 1. The van der Waals surface area contributed by atoms with Gasteiger partial charge >= 0.3 is 5.97 Å². The van der Waals surface area contributed by atoms with E-state index in [4.69, 9.17) is 0 Å². The molecule has 1 amide bonds. The van der Waals surface area contributed by atoms with Crippen LogP contribution in [0.2, 0.25) is 0 Å². The molecule has 4 nitrogen and oxygen atoms in total. The highest BCUT2D eigenvalue weighted by Crippen LogP contribution is 2.39. The van der Waals surface area contributed by atoms with E-state index in [1.54, 1.807) is 11.0 Å². The first-order valence-corrected chi connectivity index (χ1v) is 8.27. The molecule has 2 aromatic carbocycles. The lowest BCUT2D eigenvalue weighted by molar-refractivity contribution is -0.139. The van der Waals surface area contributed by atoms with E-state index < -0.39 is 11.9 Å². The number of aryl methyl sites for hydroxylation is 1. The highest BCUT2D eigenvalue weighted by Gasteiger charge is 2.37. The average molecular weight is 323 g/mol. The maximum Gasteiger partial charge on any atom is 0.311 e. The number of carbonyl (C=O) groups excluding carboxylic acids is 1. The van der Waals surface area contributed by atoms with E-state index in [0.717, 1.165) is 6.42 Å². The number of para-hydroxylation sites is 1. The van der Waals surface area contributed by atoms with Crippen molar-refractivity contribution in [1.29, 1.82) is 0 Å². The first-order chi connectivity index (χ1) is 11.5. The molecule has 0 saturated heterocycles. The van der Waals surface area contributed by atoms with E-state index in [1.807, 2.05) is 49.4 Å². The van der Waals surface area contributed by atoms with Crippen LogP contribution in [0.4, 0.5) is 5.69 Å². The SMILES string of the molecule is CCc1ccc(C(=O)N2c3ccccc3[C@@H](C(=O)O)C[C@@H]2C)cc1. The van der Waals surface area contributed by atoms with Gasteiger partial charge in [0, 0.05) is 17.3 Å². The molecule has 1 heterocycles. The van der Waals surface area contributed by atoms with Gasteiger partial charge in [0.2, 0.25) is 0 Å². The number of carboxylic acid groups (broad SMARTS) is 1. The Labute approximate surface area is 141 Å². The third-order valence-corrected chi connectivity index (χ3v) is 4.72. The molecule has 0 fully saturated rings. The van der Waals surface area contributed by atoms with Crippen molar-refractivity contribution >= 4 is 17.6 Å². The molecule has 0 unspecified atom stereocenters. The minimum absolute atomic E-state index is 0.0820. The van der Waals surface area contributed by atoms with Gasteiger partial charge < -0.3 is 10.0 Å². The molecule has 1 aliphatic heterocycles. The van der Waals surface area contributed by atoms with Crippen LogP contribution in [0.1, 0.15) is 47.7 Å². The molecule has 0 radical (unpaired) electrons. The molecule has 2 atom stereocenters. The minimum atomic E-state index is -0.839. The van der Waals surface area contributed by atoms with Crippen LogP contribution < -0.4 is 4.90 Å². The number of benzene rings is 2. The zero-order valence-corrected chi connectivity index (χ0v) is 13.9. The fraction of sp³-hybridized carbons (Fsp3) is 0.300. The van der Waals surface area contributed by atoms with Crippen molar-refractivity contribution in [3.05, 3.63) is 65.2 Å². The van der Waals surface area contributed by atoms with Gasteiger partial charge in [-0.25, -0.2) is 0 Å². The number of rotatable bonds is 3. The van der Waals surface area contributed by atoms with Gasteiger partial charge in [-0.05, 0) is 49.1 Å². The van der Waals surface area contributed by atoms with Crippen LogP contribution in [-0.4, -0.2) is 23.0 Å². The van der Waals surface area contributed by atoms with Crippen molar-refractivity contribution in [2.24, 2.45) is 0 Å². The standard InChI is InChI=1S/C20H21NO3/c1-3-14-8-10-15(11-9-14)19(22)21-13(2)12-17(20(23)24)16-6-4-5-7-18(16)21/h4-11,13,17H,3,12H2,1-2H3,(H,23,24)/t13-,17-/m0/s1. The number of aliphatic carboxylic acids is 1. The summed E-state index contributed by atoms with van der Waals surface area (Å²) in [4.78, 5) is 26.3. The zero-order valence-electron chi connectivity index (χ0n) is 13.9. The number of carboxylic acids is 1. The van der Waals surface area contributed by atoms with Crippen LogP contribution in [0.15, 0.2) is 48.5 Å². The third-order valence-electron chi connectivity index (χ3n) is 4.72. The van der Waals surface area contributed by atoms with Gasteiger partial charge in [0.15, 0.2) is 0 Å². The summed E-state index contributed by atoms with van der Waals surface area (Å²) >= 11 is 0. The van der Waals surface area contributed by atoms with Crippen molar-refractivity contribution in [3.63, 3.8) is 0 Å². The number of carbonyl (C=O) groups is 2. The van der Waals surface area contributed by atoms with E-state index in [-0.39, 0.29) is 11.9 Å². The first kappa shape index (κ1) is 16.2. The van der Waals surface area contributed by atoms with E-state index in [1.165, 1.54) is 5.56 Å². The summed E-state index contributed by atoms with van der Waals surface area (Å²) in [5, 5.41) is 9.50. The molecule has 1 aliphatic rings. The number of amides is 1. The molecular formula is C20H21NO3. The molecule has 24 heavy (non-hydrogen) atoms. The summed E-state index contributed by atoms with van der Waals surface area (Å²) in [6, 6.07) is 14.8. The average Bonchev–Trinajstić information content (AvgIpc) is 2.60. The molecule has 0 spiro atoms. The number of hydrogen-bond acceptors (Lipinski definition) is 2. The Kier molecular flexibility index (Phi) is 4.38. The van der Waals surface area contributed by atoms with Gasteiger partial charge in [-0.1, -0.05) is 37.3 Å². The summed E-state index contributed by atoms with van der Waals surface area (Å²) in [5.41, 5.74) is 3.22. The zero-order chi connectivity index (χ0) is 17.3. The summed E-state index contributed by atoms with van der Waals surface area (Å²) in [5.74, 6) is -1.49. The van der Waals surface area contributed by atoms with E-state index >= 15 is 0 Å². The smallest absolute Gasteiger partial charge is 0.311 e. The van der Waals surface area contributed by atoms with Gasteiger partial charge in [-0.2, -0.15) is 0 Å². The Morgan fingerprint density at radius 1 is 1.12 bits per heavy atom. The fourth-order valence-corrected chi connectivity index (χ4v) is 3.38. The second-order valence-electron chi connectivity index (χ2n) is 6.26. The van der Waals surface area contributed by atoms with Crippen molar-refractivity contribution < 1.29 is 14.7 Å². The van der Waals surface area contributed by atoms with Gasteiger partial charge in [-0.15, -0.1) is 0 Å². The summed E-state index contributed by atoms with van der Waals surface area (Å²) in [6.45, 7) is 3.98. The van der Waals surface area contributed by atoms with Crippen LogP contribution in [0.5, 0.6) is 0 Å². The lowest BCUT2D eigenvalue weighted by Crippen LogP contribution is -2.44. The Balaban J connectivity index is 2.01. The third kappa shape index (κ3) is 2.80. The molecular weight excluding hydrogens is 302 g/mol. The van der Waals surface area contributed by atoms with Crippen LogP contribution in [0, 0.1) is 0 Å². The fourth-order valence-electron chi connectivity index (χ4n) is 3.38. The lowest BCUT2D eigenvalue weighted by atomic mass is 9.85. The highest BCUT2D eigenvalue weighted by atomic mass is 16.4. The maximum absolute atomic E-state index is 13.0. The normalized spacial score (nSPS) is 19.7. The molecule has 0 bridgehead atoms. The van der Waals surface area contributed by atoms with Gasteiger partial charge in [0.1, 0.15) is 0 Å². The quantitative estimate of drug-likeness (QED) is 0.933. The van der Waals surface area contributed by atoms with Gasteiger partial charge in [-0.3, -0.25) is 9.59 Å². The van der Waals surface area contributed by atoms with Gasteiger partial charge in [0.25, 0.3) is 5.91 Å². The van der Waals surface area contributed by atoms with Crippen LogP contribution in [0.3, 0.4) is 0 Å². The highest BCUT2D eigenvalue weighted by molar-refractivity contribution is 6.07. The molecule has 3 rings (SSSR count). The van der Waals surface area contributed by atoms with Crippen molar-refractivity contribution in [2.45, 2.75) is 38.6 Å². The lowest BCUT2D eigenvalue weighted by Gasteiger charge is -2.38. The second kappa shape index (κ2) is 6.48. The summed E-state index contributed by atoms with van der Waals surface area (Å²) in [7, 11) is 0. The van der Waals surface area contributed by atoms with Crippen LogP contribution >= 0.6 is 0 Å². The van der Waals surface area contributed by atoms with Crippen LogP contribution in [-0.2, 0) is 11.2 Å². The van der Waals surface area contributed by atoms with Crippen molar-refractivity contribution in [2.75, 3.05) is 4.90 Å². The first-order valence-electron chi connectivity index (χ1n) is 8.27. The number of anilines is 1. The number of fused-ring (bicyclic) bond motifs is 1. The van der Waals surface area contributed by atoms with E-state index in [0.29, 0.717) is 23.2 Å². The molecule has 124 valence electrons. The summed E-state index contributed by atoms with van der Waals surface area (Å²) < 4.78 is 0. The topological polar surface area (TPSA) is 57.6 Å². The Hall–Kier alpha value is -2.62. The predicted molar refractivity (Wildman–Crippen MR) is 93.5 cm³/mol. The van der Waals surface area contributed by atoms with Crippen molar-refractivity contribution in [1.82, 2.24) is 0 Å². The molecule has 4 heteroatoms.